The van der Waals surface area contributed by atoms with Crippen LogP contribution in [0.2, 0.25) is 0 Å². The van der Waals surface area contributed by atoms with E-state index < -0.39 is 18.2 Å². The maximum absolute atomic E-state index is 14.0. The number of carbonyl (C=O) groups excluding carboxylic acids is 3. The first-order chi connectivity index (χ1) is 20.9. The lowest BCUT2D eigenvalue weighted by Crippen LogP contribution is -2.76. The topological polar surface area (TPSA) is 96.4 Å². The largest absolute Gasteiger partial charge is 0.508 e. The molecular formula is C33H35N5O4S. The van der Waals surface area contributed by atoms with Crippen LogP contribution in [0.1, 0.15) is 16.7 Å². The van der Waals surface area contributed by atoms with E-state index in [4.69, 9.17) is 6.42 Å². The fourth-order valence-electron chi connectivity index (χ4n) is 5.49. The highest BCUT2D eigenvalue weighted by Gasteiger charge is 2.51. The van der Waals surface area contributed by atoms with Crippen LogP contribution >= 0.6 is 11.8 Å². The van der Waals surface area contributed by atoms with Gasteiger partial charge in [-0.3, -0.25) is 9.59 Å². The predicted molar refractivity (Wildman–Crippen MR) is 166 cm³/mol. The number of phenols is 1. The summed E-state index contributed by atoms with van der Waals surface area (Å²) < 4.78 is 0. The van der Waals surface area contributed by atoms with Crippen LogP contribution in [0, 0.1) is 12.3 Å². The molecule has 2 aliphatic heterocycles. The fraction of sp³-hybridized carbons (Fsp3) is 0.303. The molecule has 2 fully saturated rings. The van der Waals surface area contributed by atoms with Crippen LogP contribution in [0.25, 0.3) is 0 Å². The van der Waals surface area contributed by atoms with E-state index in [1.54, 1.807) is 50.8 Å². The number of terminal acetylenes is 1. The number of fused-ring (bicyclic) bond motifs is 1. The van der Waals surface area contributed by atoms with Crippen LogP contribution in [-0.4, -0.2) is 86.9 Å². The number of hydrazine groups is 1. The molecule has 0 saturated carbocycles. The van der Waals surface area contributed by atoms with Crippen molar-refractivity contribution in [2.24, 2.45) is 0 Å². The number of rotatable bonds is 10. The van der Waals surface area contributed by atoms with Gasteiger partial charge in [0.15, 0.2) is 0 Å². The summed E-state index contributed by atoms with van der Waals surface area (Å²) in [6.45, 7) is 0.887. The number of urea groups is 1. The Bertz CT molecular complexity index is 1450. The Morgan fingerprint density at radius 2 is 1.63 bits per heavy atom. The van der Waals surface area contributed by atoms with Gasteiger partial charge < -0.3 is 20.2 Å². The summed E-state index contributed by atoms with van der Waals surface area (Å²) in [4.78, 5) is 44.7. The number of thioether (sulfide) groups is 1. The van der Waals surface area contributed by atoms with Crippen molar-refractivity contribution in [2.75, 3.05) is 31.9 Å². The molecule has 0 bridgehead atoms. The molecule has 3 aromatic carbocycles. The normalized spacial score (nSPS) is 18.7. The molecule has 2 saturated heterocycles. The summed E-state index contributed by atoms with van der Waals surface area (Å²) in [5, 5.41) is 15.9. The number of aromatic hydroxyl groups is 1. The van der Waals surface area contributed by atoms with Gasteiger partial charge in [-0.05, 0) is 28.8 Å². The molecule has 3 aromatic rings. The Kier molecular flexibility index (Phi) is 9.87. The van der Waals surface area contributed by atoms with Gasteiger partial charge in [0.2, 0.25) is 11.8 Å². The van der Waals surface area contributed by atoms with Crippen LogP contribution in [-0.2, 0) is 28.3 Å². The number of phenolic OH excluding ortho intramolecular Hbond substituents is 1. The van der Waals surface area contributed by atoms with Gasteiger partial charge in [-0.2, -0.15) is 16.8 Å². The Hall–Kier alpha value is -4.46. The van der Waals surface area contributed by atoms with Gasteiger partial charge in [0, 0.05) is 31.0 Å². The fourth-order valence-corrected chi connectivity index (χ4v) is 6.41. The summed E-state index contributed by atoms with van der Waals surface area (Å²) in [6.07, 6.45) is 5.18. The zero-order valence-electron chi connectivity index (χ0n) is 23.8. The van der Waals surface area contributed by atoms with Crippen molar-refractivity contribution >= 4 is 29.6 Å². The second kappa shape index (κ2) is 14.1. The minimum Gasteiger partial charge on any atom is -0.508 e. The average Bonchev–Trinajstić information content (AvgIpc) is 3.02. The molecule has 10 heteroatoms. The highest BCUT2D eigenvalue weighted by Crippen LogP contribution is 2.29. The molecule has 222 valence electrons. The number of nitrogens with one attached hydrogen (secondary N) is 1. The standard InChI is InChI=1S/C33H35N5O4S/c1-2-17-36-23-31(40)37-29(20-25-13-15-28(39)16-14-25)32(41)35(18-19-43-24-27-11-7-4-8-12-27)22-30(37)38(36)33(42)34-21-26-9-5-3-6-10-26/h1,3-16,29-30,39H,17-24H2,(H,34,42)/t29-,30-/m0/s1. The van der Waals surface area contributed by atoms with Crippen molar-refractivity contribution in [1.82, 2.24) is 25.1 Å². The van der Waals surface area contributed by atoms with Gasteiger partial charge in [0.1, 0.15) is 18.0 Å². The van der Waals surface area contributed by atoms with Crippen LogP contribution in [0.3, 0.4) is 0 Å². The van der Waals surface area contributed by atoms with Gasteiger partial charge in [0.25, 0.3) is 0 Å². The number of hydrogen-bond donors (Lipinski definition) is 2. The lowest BCUT2D eigenvalue weighted by Gasteiger charge is -2.55. The molecule has 0 radical (unpaired) electrons. The molecule has 5 rings (SSSR count). The number of benzene rings is 3. The molecule has 0 spiro atoms. The number of piperazine rings is 1. The average molecular weight is 598 g/mol. The Morgan fingerprint density at radius 3 is 2.30 bits per heavy atom. The first kappa shape index (κ1) is 30.0. The van der Waals surface area contributed by atoms with Crippen molar-refractivity contribution in [3.63, 3.8) is 0 Å². The summed E-state index contributed by atoms with van der Waals surface area (Å²) >= 11 is 1.73. The lowest BCUT2D eigenvalue weighted by molar-refractivity contribution is -0.188. The van der Waals surface area contributed by atoms with Crippen molar-refractivity contribution in [2.45, 2.75) is 30.9 Å². The van der Waals surface area contributed by atoms with Crippen LogP contribution in [0.5, 0.6) is 5.75 Å². The highest BCUT2D eigenvalue weighted by atomic mass is 32.2. The molecule has 0 unspecified atom stereocenters. The Balaban J connectivity index is 1.40. The molecule has 2 N–H and O–H groups in total. The van der Waals surface area contributed by atoms with E-state index in [1.165, 1.54) is 10.6 Å². The summed E-state index contributed by atoms with van der Waals surface area (Å²) in [6, 6.07) is 25.1. The third-order valence-corrected chi connectivity index (χ3v) is 8.59. The monoisotopic (exact) mass is 597 g/mol. The molecule has 4 amide bonds. The van der Waals surface area contributed by atoms with E-state index in [1.807, 2.05) is 48.5 Å². The SMILES string of the molecule is C#CCN1CC(=O)N2[C@@H](Cc3ccc(O)cc3)C(=O)N(CCSCc3ccccc3)C[C@@H]2N1C(=O)NCc1ccccc1. The molecule has 43 heavy (non-hydrogen) atoms. The molecular weight excluding hydrogens is 562 g/mol. The molecule has 2 atom stereocenters. The number of carbonyl (C=O) groups is 3. The number of nitrogens with zero attached hydrogens (tertiary/aromatic N) is 4. The van der Waals surface area contributed by atoms with Gasteiger partial charge in [-0.1, -0.05) is 78.7 Å². The van der Waals surface area contributed by atoms with Gasteiger partial charge in [-0.25, -0.2) is 9.80 Å². The quantitative estimate of drug-likeness (QED) is 0.275. The zero-order chi connectivity index (χ0) is 30.2. The maximum atomic E-state index is 14.0. The molecule has 2 aliphatic rings. The van der Waals surface area contributed by atoms with Crippen molar-refractivity contribution < 1.29 is 19.5 Å². The van der Waals surface area contributed by atoms with Crippen molar-refractivity contribution in [1.29, 1.82) is 0 Å². The third-order valence-electron chi connectivity index (χ3n) is 7.58. The Morgan fingerprint density at radius 1 is 0.953 bits per heavy atom. The van der Waals surface area contributed by atoms with E-state index >= 15 is 0 Å². The Labute approximate surface area is 256 Å². The summed E-state index contributed by atoms with van der Waals surface area (Å²) in [5.74, 6) is 3.78. The zero-order valence-corrected chi connectivity index (χ0v) is 24.7. The highest BCUT2D eigenvalue weighted by molar-refractivity contribution is 7.98. The molecule has 9 nitrogen and oxygen atoms in total. The van der Waals surface area contributed by atoms with E-state index in [2.05, 4.69) is 23.4 Å². The summed E-state index contributed by atoms with van der Waals surface area (Å²) in [7, 11) is 0. The number of hydrogen-bond acceptors (Lipinski definition) is 6. The van der Waals surface area contributed by atoms with Crippen LogP contribution in [0.15, 0.2) is 84.9 Å². The number of amides is 4. The van der Waals surface area contributed by atoms with Crippen molar-refractivity contribution in [3.8, 4) is 18.1 Å². The second-order valence-corrected chi connectivity index (χ2v) is 11.6. The van der Waals surface area contributed by atoms with E-state index in [0.29, 0.717) is 18.8 Å². The molecule has 2 heterocycles. The van der Waals surface area contributed by atoms with E-state index in [9.17, 15) is 19.5 Å². The van der Waals surface area contributed by atoms with E-state index in [0.717, 1.165) is 16.9 Å². The van der Waals surface area contributed by atoms with Gasteiger partial charge in [0.05, 0.1) is 19.6 Å². The third kappa shape index (κ3) is 7.31. The lowest BCUT2D eigenvalue weighted by atomic mass is 9.98. The molecule has 0 aromatic heterocycles. The van der Waals surface area contributed by atoms with Crippen molar-refractivity contribution in [3.05, 3.63) is 102 Å². The minimum absolute atomic E-state index is 0.0678. The van der Waals surface area contributed by atoms with Gasteiger partial charge in [-0.15, -0.1) is 6.42 Å². The molecule has 0 aliphatic carbocycles. The maximum Gasteiger partial charge on any atom is 0.334 e. The van der Waals surface area contributed by atoms with Gasteiger partial charge >= 0.3 is 6.03 Å². The second-order valence-electron chi connectivity index (χ2n) is 10.5. The first-order valence-electron chi connectivity index (χ1n) is 14.2. The smallest absolute Gasteiger partial charge is 0.334 e. The predicted octanol–water partition coefficient (Wildman–Crippen LogP) is 3.31. The van der Waals surface area contributed by atoms with Crippen LogP contribution < -0.4 is 5.32 Å². The minimum atomic E-state index is -0.813. The summed E-state index contributed by atoms with van der Waals surface area (Å²) in [5.41, 5.74) is 2.94. The first-order valence-corrected chi connectivity index (χ1v) is 15.4. The van der Waals surface area contributed by atoms with E-state index in [-0.39, 0.29) is 43.6 Å². The van der Waals surface area contributed by atoms with Crippen LogP contribution in [0.4, 0.5) is 4.79 Å².